The normalized spacial score (nSPS) is 17.1. The summed E-state index contributed by atoms with van der Waals surface area (Å²) in [5.74, 6) is 0.367. The van der Waals surface area contributed by atoms with Gasteiger partial charge in [0.05, 0.1) is 26.1 Å². The first-order chi connectivity index (χ1) is 16.1. The van der Waals surface area contributed by atoms with Crippen LogP contribution in [0.1, 0.15) is 49.3 Å². The quantitative estimate of drug-likeness (QED) is 0.678. The molecular weight excluding hydrogens is 418 g/mol. The lowest BCUT2D eigenvalue weighted by Crippen LogP contribution is -2.44. The third kappa shape index (κ3) is 7.63. The summed E-state index contributed by atoms with van der Waals surface area (Å²) in [5, 5.41) is 5.71. The lowest BCUT2D eigenvalue weighted by molar-refractivity contribution is -0.136. The van der Waals surface area contributed by atoms with Crippen LogP contribution in [0.25, 0.3) is 0 Å². The van der Waals surface area contributed by atoms with E-state index in [-0.39, 0.29) is 36.7 Å². The fourth-order valence-electron chi connectivity index (χ4n) is 4.01. The van der Waals surface area contributed by atoms with Crippen molar-refractivity contribution in [2.45, 2.75) is 44.6 Å². The maximum Gasteiger partial charge on any atom is 0.242 e. The van der Waals surface area contributed by atoms with Crippen molar-refractivity contribution in [1.29, 1.82) is 0 Å². The molecule has 2 N–H and O–H groups in total. The van der Waals surface area contributed by atoms with Gasteiger partial charge in [-0.3, -0.25) is 14.4 Å². The summed E-state index contributed by atoms with van der Waals surface area (Å²) in [7, 11) is 1.61. The first-order valence-corrected chi connectivity index (χ1v) is 11.6. The molecule has 2 aromatic carbocycles. The topological polar surface area (TPSA) is 87.7 Å². The number of rotatable bonds is 7. The van der Waals surface area contributed by atoms with Crippen molar-refractivity contribution in [3.8, 4) is 5.75 Å². The molecule has 1 unspecified atom stereocenters. The van der Waals surface area contributed by atoms with Crippen molar-refractivity contribution in [1.82, 2.24) is 15.5 Å². The molecule has 0 aliphatic carbocycles. The van der Waals surface area contributed by atoms with Crippen molar-refractivity contribution in [2.75, 3.05) is 26.7 Å². The molecule has 33 heavy (non-hydrogen) atoms. The molecule has 7 nitrogen and oxygen atoms in total. The average molecular weight is 452 g/mol. The highest BCUT2D eigenvalue weighted by Crippen LogP contribution is 2.26. The second-order valence-corrected chi connectivity index (χ2v) is 8.25. The average Bonchev–Trinajstić information content (AvgIpc) is 2.85. The largest absolute Gasteiger partial charge is 0.497 e. The van der Waals surface area contributed by atoms with E-state index in [0.717, 1.165) is 36.1 Å². The Bertz CT molecular complexity index is 915. The molecule has 7 heteroatoms. The second-order valence-electron chi connectivity index (χ2n) is 8.25. The molecule has 0 bridgehead atoms. The van der Waals surface area contributed by atoms with E-state index >= 15 is 0 Å². The highest BCUT2D eigenvalue weighted by molar-refractivity contribution is 5.86. The monoisotopic (exact) mass is 451 g/mol. The van der Waals surface area contributed by atoms with Gasteiger partial charge in [-0.25, -0.2) is 0 Å². The third-order valence-electron chi connectivity index (χ3n) is 5.89. The van der Waals surface area contributed by atoms with Gasteiger partial charge < -0.3 is 20.3 Å². The number of hydrogen-bond donors (Lipinski definition) is 2. The van der Waals surface area contributed by atoms with Gasteiger partial charge in [0.15, 0.2) is 0 Å². The van der Waals surface area contributed by atoms with Crippen molar-refractivity contribution >= 4 is 17.7 Å². The Morgan fingerprint density at radius 3 is 2.55 bits per heavy atom. The Kier molecular flexibility index (Phi) is 9.30. The van der Waals surface area contributed by atoms with Crippen LogP contribution in [0, 0.1) is 0 Å². The summed E-state index contributed by atoms with van der Waals surface area (Å²) < 4.78 is 5.15. The second kappa shape index (κ2) is 12.6. The number of carbonyl (C=O) groups excluding carboxylic acids is 3. The van der Waals surface area contributed by atoms with Crippen LogP contribution in [-0.2, 0) is 20.8 Å². The van der Waals surface area contributed by atoms with Gasteiger partial charge in [-0.05, 0) is 48.9 Å². The van der Waals surface area contributed by atoms with E-state index in [0.29, 0.717) is 25.9 Å². The predicted octanol–water partition coefficient (Wildman–Crippen LogP) is 3.00. The number of ether oxygens (including phenoxy) is 1. The van der Waals surface area contributed by atoms with Crippen LogP contribution >= 0.6 is 0 Å². The van der Waals surface area contributed by atoms with Crippen molar-refractivity contribution in [3.63, 3.8) is 0 Å². The van der Waals surface area contributed by atoms with Crippen molar-refractivity contribution in [3.05, 3.63) is 65.7 Å². The number of nitrogens with one attached hydrogen (secondary N) is 2. The summed E-state index contributed by atoms with van der Waals surface area (Å²) in [5.41, 5.74) is 1.95. The lowest BCUT2D eigenvalue weighted by Gasteiger charge is -2.33. The van der Waals surface area contributed by atoms with Crippen molar-refractivity contribution in [2.24, 2.45) is 0 Å². The highest BCUT2D eigenvalue weighted by Gasteiger charge is 2.27. The molecule has 0 radical (unpaired) electrons. The first kappa shape index (κ1) is 24.3. The zero-order chi connectivity index (χ0) is 23.5. The Hall–Kier alpha value is -3.35. The summed E-state index contributed by atoms with van der Waals surface area (Å²) >= 11 is 0. The molecule has 1 aliphatic rings. The van der Waals surface area contributed by atoms with Crippen molar-refractivity contribution < 1.29 is 19.1 Å². The molecule has 1 atom stereocenters. The predicted molar refractivity (Wildman–Crippen MR) is 127 cm³/mol. The minimum absolute atomic E-state index is 0.0629. The fourth-order valence-corrected chi connectivity index (χ4v) is 4.01. The molecule has 176 valence electrons. The van der Waals surface area contributed by atoms with E-state index in [9.17, 15) is 14.4 Å². The maximum absolute atomic E-state index is 13.2. The van der Waals surface area contributed by atoms with Gasteiger partial charge in [0.25, 0.3) is 0 Å². The standard InChI is InChI=1S/C26H33N3O4/c1-33-22-13-10-20(11-14-22)12-15-24(30)28-19-26(32)29-17-7-3-6-16-27-25(31)18-23(29)21-8-4-2-5-9-21/h2,4-5,8-11,13-14,23H,3,6-7,12,15-19H2,1H3,(H,27,31)(H,28,30). The van der Waals surface area contributed by atoms with Crippen LogP contribution in [0.15, 0.2) is 54.6 Å². The number of nitrogens with zero attached hydrogens (tertiary/aromatic N) is 1. The molecule has 0 aromatic heterocycles. The number of hydrogen-bond acceptors (Lipinski definition) is 4. The van der Waals surface area contributed by atoms with Crippen LogP contribution in [0.3, 0.4) is 0 Å². The van der Waals surface area contributed by atoms with Crippen LogP contribution in [0.2, 0.25) is 0 Å². The van der Waals surface area contributed by atoms with E-state index in [4.69, 9.17) is 4.74 Å². The van der Waals surface area contributed by atoms with Gasteiger partial charge >= 0.3 is 0 Å². The third-order valence-corrected chi connectivity index (χ3v) is 5.89. The molecule has 1 aliphatic heterocycles. The number of methoxy groups -OCH3 is 1. The Labute approximate surface area is 195 Å². The van der Waals surface area contributed by atoms with Gasteiger partial charge in [0.1, 0.15) is 5.75 Å². The number of carbonyl (C=O) groups is 3. The summed E-state index contributed by atoms with van der Waals surface area (Å²) in [6.45, 7) is 1.15. The van der Waals surface area contributed by atoms with Crippen LogP contribution in [0.4, 0.5) is 0 Å². The van der Waals surface area contributed by atoms with Crippen LogP contribution in [-0.4, -0.2) is 49.4 Å². The minimum atomic E-state index is -0.354. The van der Waals surface area contributed by atoms with E-state index in [1.807, 2.05) is 54.6 Å². The number of amides is 3. The van der Waals surface area contributed by atoms with Gasteiger partial charge in [0.2, 0.25) is 17.7 Å². The Balaban J connectivity index is 1.61. The molecule has 1 fully saturated rings. The fraction of sp³-hybridized carbons (Fsp3) is 0.423. The molecule has 3 amide bonds. The highest BCUT2D eigenvalue weighted by atomic mass is 16.5. The summed E-state index contributed by atoms with van der Waals surface area (Å²) in [4.78, 5) is 39.8. The molecule has 0 spiro atoms. The number of aryl methyl sites for hydroxylation is 1. The molecule has 0 saturated carbocycles. The summed E-state index contributed by atoms with van der Waals surface area (Å²) in [6.07, 6.45) is 3.77. The molecule has 2 aromatic rings. The smallest absolute Gasteiger partial charge is 0.242 e. The Morgan fingerprint density at radius 2 is 1.82 bits per heavy atom. The van der Waals surface area contributed by atoms with E-state index < -0.39 is 0 Å². The lowest BCUT2D eigenvalue weighted by atomic mass is 10.00. The van der Waals surface area contributed by atoms with E-state index in [2.05, 4.69) is 10.6 Å². The maximum atomic E-state index is 13.2. The van der Waals surface area contributed by atoms with E-state index in [1.54, 1.807) is 12.0 Å². The van der Waals surface area contributed by atoms with Gasteiger partial charge in [0, 0.05) is 19.5 Å². The van der Waals surface area contributed by atoms with Crippen LogP contribution in [0.5, 0.6) is 5.75 Å². The molecule has 1 heterocycles. The van der Waals surface area contributed by atoms with Gasteiger partial charge in [-0.2, -0.15) is 0 Å². The number of benzene rings is 2. The first-order valence-electron chi connectivity index (χ1n) is 11.6. The zero-order valence-electron chi connectivity index (χ0n) is 19.2. The zero-order valence-corrected chi connectivity index (χ0v) is 19.2. The van der Waals surface area contributed by atoms with Crippen LogP contribution < -0.4 is 15.4 Å². The Morgan fingerprint density at radius 1 is 1.06 bits per heavy atom. The molecule has 1 saturated heterocycles. The minimum Gasteiger partial charge on any atom is -0.497 e. The van der Waals surface area contributed by atoms with Gasteiger partial charge in [-0.1, -0.05) is 42.5 Å². The molecule has 3 rings (SSSR count). The molecular formula is C26H33N3O4. The van der Waals surface area contributed by atoms with Gasteiger partial charge in [-0.15, -0.1) is 0 Å². The summed E-state index contributed by atoms with van der Waals surface area (Å²) in [6, 6.07) is 16.9. The van der Waals surface area contributed by atoms with E-state index in [1.165, 1.54) is 0 Å². The SMILES string of the molecule is COc1ccc(CCC(=O)NCC(=O)N2CCCCCNC(=O)CC2c2ccccc2)cc1.